The van der Waals surface area contributed by atoms with Crippen molar-refractivity contribution in [2.45, 2.75) is 58.2 Å². The highest BCUT2D eigenvalue weighted by atomic mass is 15.4. The quantitative estimate of drug-likeness (QED) is 0.653. The molecule has 0 aliphatic carbocycles. The van der Waals surface area contributed by atoms with Gasteiger partial charge < -0.3 is 4.90 Å². The second-order valence-electron chi connectivity index (χ2n) is 6.10. The summed E-state index contributed by atoms with van der Waals surface area (Å²) < 4.78 is 0. The van der Waals surface area contributed by atoms with Crippen molar-refractivity contribution in [2.24, 2.45) is 0 Å². The molecule has 0 aromatic heterocycles. The summed E-state index contributed by atoms with van der Waals surface area (Å²) >= 11 is 0. The van der Waals surface area contributed by atoms with Gasteiger partial charge in [0.25, 0.3) is 0 Å². The van der Waals surface area contributed by atoms with Crippen LogP contribution in [-0.2, 0) is 0 Å². The van der Waals surface area contributed by atoms with E-state index in [1.807, 2.05) is 0 Å². The number of rotatable bonds is 1. The summed E-state index contributed by atoms with van der Waals surface area (Å²) in [7, 11) is 0. The van der Waals surface area contributed by atoms with E-state index in [2.05, 4.69) is 44.1 Å². The number of allylic oxidation sites excluding steroid dienone is 1. The summed E-state index contributed by atoms with van der Waals surface area (Å²) in [5, 5.41) is 0. The summed E-state index contributed by atoms with van der Waals surface area (Å²) in [6.45, 7) is 15.6. The first-order chi connectivity index (χ1) is 6.89. The normalized spacial score (nSPS) is 32.1. The molecule has 2 fully saturated rings. The summed E-state index contributed by atoms with van der Waals surface area (Å²) in [6.07, 6.45) is 2.73. The molecule has 2 aliphatic heterocycles. The Bertz CT molecular complexity index is 250. The Balaban J connectivity index is 2.13. The molecule has 0 aromatic rings. The van der Waals surface area contributed by atoms with Crippen molar-refractivity contribution in [1.82, 2.24) is 9.80 Å². The topological polar surface area (TPSA) is 6.48 Å². The van der Waals surface area contributed by atoms with E-state index >= 15 is 0 Å². The largest absolute Gasteiger partial charge is 0.372 e. The Morgan fingerprint density at radius 3 is 1.93 bits per heavy atom. The molecule has 2 unspecified atom stereocenters. The lowest BCUT2D eigenvalue weighted by molar-refractivity contribution is 0.0141. The van der Waals surface area contributed by atoms with E-state index < -0.39 is 0 Å². The minimum Gasteiger partial charge on any atom is -0.372 e. The molecule has 0 radical (unpaired) electrons. The zero-order valence-corrected chi connectivity index (χ0v) is 10.6. The van der Waals surface area contributed by atoms with Crippen molar-refractivity contribution in [2.75, 3.05) is 13.1 Å². The molecule has 0 spiro atoms. The van der Waals surface area contributed by atoms with Crippen LogP contribution in [0.3, 0.4) is 0 Å². The monoisotopic (exact) mass is 208 g/mol. The third-order valence-corrected chi connectivity index (χ3v) is 3.80. The van der Waals surface area contributed by atoms with Crippen LogP contribution in [0, 0.1) is 0 Å². The van der Waals surface area contributed by atoms with Gasteiger partial charge >= 0.3 is 0 Å². The molecule has 2 rings (SSSR count). The van der Waals surface area contributed by atoms with E-state index in [-0.39, 0.29) is 0 Å². The minimum absolute atomic E-state index is 0.326. The van der Waals surface area contributed by atoms with Crippen LogP contribution in [0.1, 0.15) is 40.5 Å². The summed E-state index contributed by atoms with van der Waals surface area (Å²) in [4.78, 5) is 5.19. The SMILES string of the molecule is C=C(C)N1CC2CCC(C1)N2C(C)(C)C. The molecule has 0 N–H and O–H groups in total. The second kappa shape index (κ2) is 3.51. The maximum atomic E-state index is 4.07. The Morgan fingerprint density at radius 2 is 1.60 bits per heavy atom. The number of nitrogens with zero attached hydrogens (tertiary/aromatic N) is 2. The zero-order chi connectivity index (χ0) is 11.2. The van der Waals surface area contributed by atoms with Gasteiger partial charge in [-0.25, -0.2) is 0 Å². The first-order valence-electron chi connectivity index (χ1n) is 6.08. The van der Waals surface area contributed by atoms with Crippen LogP contribution < -0.4 is 0 Å². The fourth-order valence-corrected chi connectivity index (χ4v) is 3.31. The molecule has 15 heavy (non-hydrogen) atoms. The lowest BCUT2D eigenvalue weighted by atomic mass is 10.0. The van der Waals surface area contributed by atoms with E-state index in [1.54, 1.807) is 0 Å². The van der Waals surface area contributed by atoms with Crippen molar-refractivity contribution in [1.29, 1.82) is 0 Å². The van der Waals surface area contributed by atoms with E-state index in [0.29, 0.717) is 5.54 Å². The van der Waals surface area contributed by atoms with Crippen molar-refractivity contribution < 1.29 is 0 Å². The number of fused-ring (bicyclic) bond motifs is 2. The summed E-state index contributed by atoms with van der Waals surface area (Å²) in [5.74, 6) is 0. The van der Waals surface area contributed by atoms with Crippen molar-refractivity contribution in [3.8, 4) is 0 Å². The number of likely N-dealkylation sites (tertiary alicyclic amines) is 1. The molecule has 2 nitrogen and oxygen atoms in total. The van der Waals surface area contributed by atoms with Gasteiger partial charge in [0.1, 0.15) is 0 Å². The molecule has 2 atom stereocenters. The number of piperazine rings is 1. The van der Waals surface area contributed by atoms with Crippen LogP contribution in [0.15, 0.2) is 12.3 Å². The van der Waals surface area contributed by atoms with Crippen molar-refractivity contribution in [3.63, 3.8) is 0 Å². The molecule has 86 valence electrons. The first kappa shape index (κ1) is 11.0. The smallest absolute Gasteiger partial charge is 0.0332 e. The van der Waals surface area contributed by atoms with Gasteiger partial charge in [-0.1, -0.05) is 6.58 Å². The second-order valence-corrected chi connectivity index (χ2v) is 6.10. The third-order valence-electron chi connectivity index (χ3n) is 3.80. The highest BCUT2D eigenvalue weighted by Gasteiger charge is 2.44. The maximum Gasteiger partial charge on any atom is 0.0332 e. The summed E-state index contributed by atoms with van der Waals surface area (Å²) in [6, 6.07) is 1.50. The highest BCUT2D eigenvalue weighted by Crippen LogP contribution is 2.36. The first-order valence-corrected chi connectivity index (χ1v) is 6.08. The van der Waals surface area contributed by atoms with Gasteiger partial charge in [0.15, 0.2) is 0 Å². The van der Waals surface area contributed by atoms with Gasteiger partial charge in [0, 0.05) is 36.4 Å². The number of hydrogen-bond acceptors (Lipinski definition) is 2. The molecule has 2 saturated heterocycles. The maximum absolute atomic E-state index is 4.07. The van der Waals surface area contributed by atoms with Crippen LogP contribution >= 0.6 is 0 Å². The van der Waals surface area contributed by atoms with Crippen LogP contribution in [0.2, 0.25) is 0 Å². The fraction of sp³-hybridized carbons (Fsp3) is 0.846. The van der Waals surface area contributed by atoms with Gasteiger partial charge in [-0.05, 0) is 40.5 Å². The van der Waals surface area contributed by atoms with E-state index in [4.69, 9.17) is 0 Å². The average molecular weight is 208 g/mol. The van der Waals surface area contributed by atoms with E-state index in [1.165, 1.54) is 31.6 Å². The molecule has 2 heteroatoms. The Hall–Kier alpha value is -0.500. The Kier molecular flexibility index (Phi) is 2.58. The van der Waals surface area contributed by atoms with Gasteiger partial charge in [0.05, 0.1) is 0 Å². The molecule has 0 amide bonds. The van der Waals surface area contributed by atoms with Crippen LogP contribution in [0.4, 0.5) is 0 Å². The zero-order valence-electron chi connectivity index (χ0n) is 10.6. The lowest BCUT2D eigenvalue weighted by Crippen LogP contribution is -2.59. The lowest BCUT2D eigenvalue weighted by Gasteiger charge is -2.48. The molecule has 2 heterocycles. The van der Waals surface area contributed by atoms with Crippen LogP contribution in [-0.4, -0.2) is 40.5 Å². The van der Waals surface area contributed by atoms with Gasteiger partial charge in [0.2, 0.25) is 0 Å². The molecular weight excluding hydrogens is 184 g/mol. The van der Waals surface area contributed by atoms with Crippen molar-refractivity contribution >= 4 is 0 Å². The average Bonchev–Trinajstić information content (AvgIpc) is 2.37. The third kappa shape index (κ3) is 1.92. The molecule has 0 aromatic carbocycles. The predicted octanol–water partition coefficient (Wildman–Crippen LogP) is 2.47. The Labute approximate surface area is 93.9 Å². The fourth-order valence-electron chi connectivity index (χ4n) is 3.31. The molecule has 2 aliphatic rings. The molecule has 2 bridgehead atoms. The summed E-state index contributed by atoms with van der Waals surface area (Å²) in [5.41, 5.74) is 1.56. The van der Waals surface area contributed by atoms with Gasteiger partial charge in [-0.2, -0.15) is 0 Å². The molecule has 0 saturated carbocycles. The van der Waals surface area contributed by atoms with Gasteiger partial charge in [-0.3, -0.25) is 4.90 Å². The number of hydrogen-bond donors (Lipinski definition) is 0. The minimum atomic E-state index is 0.326. The molecular formula is C13H24N2. The van der Waals surface area contributed by atoms with Crippen LogP contribution in [0.5, 0.6) is 0 Å². The Morgan fingerprint density at radius 1 is 1.13 bits per heavy atom. The van der Waals surface area contributed by atoms with E-state index in [9.17, 15) is 0 Å². The highest BCUT2D eigenvalue weighted by molar-refractivity contribution is 5.05. The van der Waals surface area contributed by atoms with Gasteiger partial charge in [-0.15, -0.1) is 0 Å². The van der Waals surface area contributed by atoms with Crippen molar-refractivity contribution in [3.05, 3.63) is 12.3 Å². The van der Waals surface area contributed by atoms with Crippen LogP contribution in [0.25, 0.3) is 0 Å². The predicted molar refractivity (Wildman–Crippen MR) is 64.8 cm³/mol. The standard InChI is InChI=1S/C13H24N2/c1-10(2)14-8-11-6-7-12(9-14)15(11)13(3,4)5/h11-12H,1,6-9H2,2-5H3. The van der Waals surface area contributed by atoms with E-state index in [0.717, 1.165) is 12.1 Å².